The van der Waals surface area contributed by atoms with Crippen LogP contribution in [0.25, 0.3) is 15.8 Å². The number of hydrogen-bond acceptors (Lipinski definition) is 5. The third-order valence-electron chi connectivity index (χ3n) is 4.01. The number of hydrogen-bond donors (Lipinski definition) is 1. The van der Waals surface area contributed by atoms with E-state index in [0.29, 0.717) is 16.1 Å². The van der Waals surface area contributed by atoms with Crippen molar-refractivity contribution in [3.8, 4) is 5.69 Å². The van der Waals surface area contributed by atoms with Gasteiger partial charge in [-0.2, -0.15) is 5.10 Å². The molecule has 0 spiro atoms. The van der Waals surface area contributed by atoms with Crippen molar-refractivity contribution >= 4 is 38.8 Å². The van der Waals surface area contributed by atoms with E-state index < -0.39 is 4.92 Å². The highest BCUT2D eigenvalue weighted by Gasteiger charge is 2.16. The lowest BCUT2D eigenvalue weighted by Crippen LogP contribution is -2.13. The molecular formula is C19H14N4O3S. The Labute approximate surface area is 158 Å². The van der Waals surface area contributed by atoms with Gasteiger partial charge in [0.05, 0.1) is 21.2 Å². The number of nitro benzene ring substituents is 1. The molecule has 0 aliphatic carbocycles. The van der Waals surface area contributed by atoms with Crippen LogP contribution in [0.4, 0.5) is 11.5 Å². The highest BCUT2D eigenvalue weighted by atomic mass is 32.1. The van der Waals surface area contributed by atoms with Crippen molar-refractivity contribution in [1.29, 1.82) is 0 Å². The first-order chi connectivity index (χ1) is 13.0. The standard InChI is InChI=1S/C19H14N4O3S/c1-12-9-18(22(21-12)14-5-3-2-4-6-14)20-19(24)17-11-13-10-15(23(25)26)7-8-16(13)27-17/h2-11H,1H3,(H,20,24). The predicted molar refractivity (Wildman–Crippen MR) is 105 cm³/mol. The number of carbonyl (C=O) groups excluding carboxylic acids is 1. The first-order valence-corrected chi connectivity index (χ1v) is 8.94. The minimum atomic E-state index is -0.446. The molecule has 2 aromatic heterocycles. The number of rotatable bonds is 4. The number of nitrogens with one attached hydrogen (secondary N) is 1. The number of anilines is 1. The third-order valence-corrected chi connectivity index (χ3v) is 5.12. The summed E-state index contributed by atoms with van der Waals surface area (Å²) in [6, 6.07) is 17.5. The van der Waals surface area contributed by atoms with Crippen molar-refractivity contribution < 1.29 is 9.72 Å². The number of nitrogens with zero attached hydrogens (tertiary/aromatic N) is 3. The Morgan fingerprint density at radius 2 is 1.93 bits per heavy atom. The Kier molecular flexibility index (Phi) is 4.17. The van der Waals surface area contributed by atoms with Gasteiger partial charge in [-0.15, -0.1) is 11.3 Å². The second-order valence-electron chi connectivity index (χ2n) is 5.96. The smallest absolute Gasteiger partial charge is 0.270 e. The minimum absolute atomic E-state index is 0.00466. The molecule has 1 amide bonds. The molecule has 0 radical (unpaired) electrons. The zero-order valence-corrected chi connectivity index (χ0v) is 15.1. The van der Waals surface area contributed by atoms with Gasteiger partial charge in [-0.1, -0.05) is 18.2 Å². The number of aromatic nitrogens is 2. The van der Waals surface area contributed by atoms with Crippen molar-refractivity contribution in [3.63, 3.8) is 0 Å². The van der Waals surface area contributed by atoms with Gasteiger partial charge in [-0.05, 0) is 31.2 Å². The summed E-state index contributed by atoms with van der Waals surface area (Å²) in [5, 5.41) is 18.9. The molecule has 0 fully saturated rings. The maximum absolute atomic E-state index is 12.7. The predicted octanol–water partition coefficient (Wildman–Crippen LogP) is 4.56. The van der Waals surface area contributed by atoms with Crippen LogP contribution in [0, 0.1) is 17.0 Å². The van der Waals surface area contributed by atoms with Gasteiger partial charge in [-0.25, -0.2) is 4.68 Å². The van der Waals surface area contributed by atoms with E-state index >= 15 is 0 Å². The molecule has 2 heterocycles. The van der Waals surface area contributed by atoms with Gasteiger partial charge < -0.3 is 5.32 Å². The summed E-state index contributed by atoms with van der Waals surface area (Å²) in [6.07, 6.45) is 0. The van der Waals surface area contributed by atoms with E-state index in [1.165, 1.54) is 23.5 Å². The van der Waals surface area contributed by atoms with Crippen LogP contribution in [-0.4, -0.2) is 20.6 Å². The molecule has 7 nitrogen and oxygen atoms in total. The number of non-ortho nitro benzene ring substituents is 1. The molecule has 1 N–H and O–H groups in total. The van der Waals surface area contributed by atoms with Crippen LogP contribution in [0.1, 0.15) is 15.4 Å². The van der Waals surface area contributed by atoms with Crippen LogP contribution >= 0.6 is 11.3 Å². The van der Waals surface area contributed by atoms with Crippen LogP contribution in [0.5, 0.6) is 0 Å². The second-order valence-corrected chi connectivity index (χ2v) is 7.05. The average molecular weight is 378 g/mol. The Balaban J connectivity index is 1.65. The summed E-state index contributed by atoms with van der Waals surface area (Å²) in [6.45, 7) is 1.85. The summed E-state index contributed by atoms with van der Waals surface area (Å²) in [5.74, 6) is 0.281. The number of nitro groups is 1. The van der Waals surface area contributed by atoms with E-state index in [1.807, 2.05) is 37.3 Å². The lowest BCUT2D eigenvalue weighted by atomic mass is 10.2. The summed E-state index contributed by atoms with van der Waals surface area (Å²) in [4.78, 5) is 23.7. The number of fused-ring (bicyclic) bond motifs is 1. The van der Waals surface area contributed by atoms with Crippen LogP contribution in [0.15, 0.2) is 60.7 Å². The maximum Gasteiger partial charge on any atom is 0.270 e. The highest BCUT2D eigenvalue weighted by molar-refractivity contribution is 7.20. The van der Waals surface area contributed by atoms with Crippen LogP contribution in [0.2, 0.25) is 0 Å². The Bertz CT molecular complexity index is 1160. The summed E-state index contributed by atoms with van der Waals surface area (Å²) >= 11 is 1.29. The fourth-order valence-corrected chi connectivity index (χ4v) is 3.73. The lowest BCUT2D eigenvalue weighted by molar-refractivity contribution is -0.384. The van der Waals surface area contributed by atoms with Crippen molar-refractivity contribution in [2.24, 2.45) is 0 Å². The van der Waals surface area contributed by atoms with Crippen molar-refractivity contribution in [1.82, 2.24) is 9.78 Å². The van der Waals surface area contributed by atoms with Gasteiger partial charge in [0.15, 0.2) is 0 Å². The molecular weight excluding hydrogens is 364 g/mol. The molecule has 134 valence electrons. The van der Waals surface area contributed by atoms with E-state index in [4.69, 9.17) is 0 Å². The second kappa shape index (κ2) is 6.65. The van der Waals surface area contributed by atoms with Crippen LogP contribution in [-0.2, 0) is 0 Å². The number of carbonyl (C=O) groups is 1. The quantitative estimate of drug-likeness (QED) is 0.416. The van der Waals surface area contributed by atoms with E-state index in [2.05, 4.69) is 10.4 Å². The molecule has 27 heavy (non-hydrogen) atoms. The summed E-state index contributed by atoms with van der Waals surface area (Å²) in [7, 11) is 0. The van der Waals surface area contributed by atoms with Crippen molar-refractivity contribution in [2.75, 3.05) is 5.32 Å². The van der Waals surface area contributed by atoms with Gasteiger partial charge in [0, 0.05) is 28.3 Å². The zero-order valence-electron chi connectivity index (χ0n) is 14.2. The fraction of sp³-hybridized carbons (Fsp3) is 0.0526. The summed E-state index contributed by atoms with van der Waals surface area (Å²) in [5.41, 5.74) is 1.62. The number of aryl methyl sites for hydroxylation is 1. The monoisotopic (exact) mass is 378 g/mol. The van der Waals surface area contributed by atoms with Gasteiger partial charge in [0.1, 0.15) is 5.82 Å². The molecule has 0 saturated heterocycles. The fourth-order valence-electron chi connectivity index (χ4n) is 2.79. The Morgan fingerprint density at radius 3 is 2.67 bits per heavy atom. The highest BCUT2D eigenvalue weighted by Crippen LogP contribution is 2.29. The molecule has 0 bridgehead atoms. The normalized spacial score (nSPS) is 10.9. The van der Waals surface area contributed by atoms with Gasteiger partial charge >= 0.3 is 0 Å². The Morgan fingerprint density at radius 1 is 1.15 bits per heavy atom. The SMILES string of the molecule is Cc1cc(NC(=O)c2cc3cc([N+](=O)[O-])ccc3s2)n(-c2ccccc2)n1. The third kappa shape index (κ3) is 3.30. The molecule has 0 unspecified atom stereocenters. The number of amides is 1. The van der Waals surface area contributed by atoms with Crippen LogP contribution in [0.3, 0.4) is 0 Å². The molecule has 0 saturated carbocycles. The Hall–Kier alpha value is -3.52. The minimum Gasteiger partial charge on any atom is -0.306 e. The van der Waals surface area contributed by atoms with E-state index in [1.54, 1.807) is 22.9 Å². The van der Waals surface area contributed by atoms with Gasteiger partial charge in [-0.3, -0.25) is 14.9 Å². The van der Waals surface area contributed by atoms with Crippen LogP contribution < -0.4 is 5.32 Å². The first kappa shape index (κ1) is 16.9. The molecule has 8 heteroatoms. The van der Waals surface area contributed by atoms with Crippen molar-refractivity contribution in [2.45, 2.75) is 6.92 Å². The maximum atomic E-state index is 12.7. The zero-order chi connectivity index (χ0) is 19.0. The lowest BCUT2D eigenvalue weighted by Gasteiger charge is -2.07. The number of para-hydroxylation sites is 1. The largest absolute Gasteiger partial charge is 0.306 e. The average Bonchev–Trinajstić information content (AvgIpc) is 3.25. The van der Waals surface area contributed by atoms with Gasteiger partial charge in [0.25, 0.3) is 11.6 Å². The van der Waals surface area contributed by atoms with E-state index in [-0.39, 0.29) is 11.6 Å². The first-order valence-electron chi connectivity index (χ1n) is 8.13. The number of thiophene rings is 1. The topological polar surface area (TPSA) is 90.1 Å². The molecule has 0 atom stereocenters. The molecule has 4 aromatic rings. The van der Waals surface area contributed by atoms with Crippen molar-refractivity contribution in [3.05, 3.63) is 81.3 Å². The number of benzene rings is 2. The van der Waals surface area contributed by atoms with E-state index in [0.717, 1.165) is 16.1 Å². The molecule has 2 aromatic carbocycles. The molecule has 4 rings (SSSR count). The summed E-state index contributed by atoms with van der Waals surface area (Å²) < 4.78 is 2.49. The van der Waals surface area contributed by atoms with E-state index in [9.17, 15) is 14.9 Å². The molecule has 0 aliphatic rings. The molecule has 0 aliphatic heterocycles. The van der Waals surface area contributed by atoms with Gasteiger partial charge in [0.2, 0.25) is 0 Å².